The van der Waals surface area contributed by atoms with Crippen LogP contribution in [0.4, 0.5) is 4.39 Å². The minimum absolute atomic E-state index is 0.330. The van der Waals surface area contributed by atoms with Crippen molar-refractivity contribution in [2.24, 2.45) is 0 Å². The van der Waals surface area contributed by atoms with Crippen molar-refractivity contribution in [3.63, 3.8) is 0 Å². The maximum atomic E-state index is 13.2. The minimum Gasteiger partial charge on any atom is -0.369 e. The van der Waals surface area contributed by atoms with E-state index in [2.05, 4.69) is 5.32 Å². The molecule has 15 heavy (non-hydrogen) atoms. The first kappa shape index (κ1) is 10.9. The molecule has 1 aromatic rings. The smallest absolute Gasteiger partial charge is 0.140 e. The molecule has 1 aliphatic rings. The van der Waals surface area contributed by atoms with Crippen molar-refractivity contribution in [2.45, 2.75) is 18.9 Å². The fourth-order valence-corrected chi connectivity index (χ4v) is 1.83. The first-order valence-electron chi connectivity index (χ1n) is 4.96. The van der Waals surface area contributed by atoms with Gasteiger partial charge in [-0.05, 0) is 17.7 Å². The van der Waals surface area contributed by atoms with E-state index < -0.39 is 6.17 Å². The first-order chi connectivity index (χ1) is 7.25. The second-order valence-electron chi connectivity index (χ2n) is 3.65. The van der Waals surface area contributed by atoms with E-state index >= 15 is 0 Å². The zero-order chi connectivity index (χ0) is 10.7. The van der Waals surface area contributed by atoms with Crippen molar-refractivity contribution in [3.05, 3.63) is 34.9 Å². The summed E-state index contributed by atoms with van der Waals surface area (Å²) < 4.78 is 18.6. The zero-order valence-corrected chi connectivity index (χ0v) is 9.01. The van der Waals surface area contributed by atoms with Crippen LogP contribution in [0.1, 0.15) is 5.56 Å². The lowest BCUT2D eigenvalue weighted by atomic mass is 10.2. The van der Waals surface area contributed by atoms with Gasteiger partial charge in [0.15, 0.2) is 0 Å². The number of rotatable bonds is 3. The van der Waals surface area contributed by atoms with Gasteiger partial charge in [-0.1, -0.05) is 23.7 Å². The van der Waals surface area contributed by atoms with E-state index in [-0.39, 0.29) is 6.10 Å². The summed E-state index contributed by atoms with van der Waals surface area (Å²) in [5, 5.41) is 3.62. The Morgan fingerprint density at radius 2 is 2.33 bits per heavy atom. The van der Waals surface area contributed by atoms with Gasteiger partial charge in [-0.25, -0.2) is 4.39 Å². The van der Waals surface area contributed by atoms with Gasteiger partial charge >= 0.3 is 0 Å². The summed E-state index contributed by atoms with van der Waals surface area (Å²) in [7, 11) is 0. The number of halogens is 2. The molecule has 1 fully saturated rings. The van der Waals surface area contributed by atoms with Crippen molar-refractivity contribution in [2.75, 3.05) is 13.1 Å². The van der Waals surface area contributed by atoms with Gasteiger partial charge in [-0.15, -0.1) is 0 Å². The molecule has 2 unspecified atom stereocenters. The summed E-state index contributed by atoms with van der Waals surface area (Å²) in [4.78, 5) is 0. The van der Waals surface area contributed by atoms with Crippen LogP contribution in [0, 0.1) is 0 Å². The van der Waals surface area contributed by atoms with Gasteiger partial charge in [0.2, 0.25) is 0 Å². The van der Waals surface area contributed by atoms with Crippen LogP contribution >= 0.6 is 11.6 Å². The lowest BCUT2D eigenvalue weighted by Crippen LogP contribution is -2.23. The molecule has 1 N–H and O–H groups in total. The van der Waals surface area contributed by atoms with Crippen LogP contribution in [0.5, 0.6) is 0 Å². The van der Waals surface area contributed by atoms with Crippen LogP contribution < -0.4 is 5.32 Å². The molecule has 0 radical (unpaired) electrons. The van der Waals surface area contributed by atoms with Gasteiger partial charge < -0.3 is 10.1 Å². The largest absolute Gasteiger partial charge is 0.369 e. The highest BCUT2D eigenvalue weighted by Crippen LogP contribution is 2.15. The van der Waals surface area contributed by atoms with Crippen LogP contribution in [-0.4, -0.2) is 25.4 Å². The summed E-state index contributed by atoms with van der Waals surface area (Å²) >= 11 is 5.83. The molecule has 2 atom stereocenters. The van der Waals surface area contributed by atoms with Gasteiger partial charge in [0.1, 0.15) is 12.3 Å². The maximum absolute atomic E-state index is 13.2. The van der Waals surface area contributed by atoms with Gasteiger partial charge in [0, 0.05) is 18.1 Å². The molecule has 1 saturated heterocycles. The highest BCUT2D eigenvalue weighted by Gasteiger charge is 2.27. The summed E-state index contributed by atoms with van der Waals surface area (Å²) in [5.74, 6) is 0. The van der Waals surface area contributed by atoms with Crippen LogP contribution in [0.25, 0.3) is 0 Å². The quantitative estimate of drug-likeness (QED) is 0.858. The van der Waals surface area contributed by atoms with Crippen LogP contribution in [0.3, 0.4) is 0 Å². The Morgan fingerprint density at radius 1 is 1.47 bits per heavy atom. The van der Waals surface area contributed by atoms with Crippen molar-refractivity contribution < 1.29 is 9.13 Å². The van der Waals surface area contributed by atoms with Crippen LogP contribution in [-0.2, 0) is 11.3 Å². The Hall–Kier alpha value is -0.640. The number of hydrogen-bond donors (Lipinski definition) is 1. The third kappa shape index (κ3) is 2.91. The van der Waals surface area contributed by atoms with E-state index in [0.717, 1.165) is 5.56 Å². The highest BCUT2D eigenvalue weighted by atomic mass is 35.5. The third-order valence-corrected chi connectivity index (χ3v) is 2.68. The molecule has 1 aliphatic heterocycles. The average Bonchev–Trinajstić information content (AvgIpc) is 2.61. The number of ether oxygens (including phenoxy) is 1. The molecule has 0 spiro atoms. The van der Waals surface area contributed by atoms with Crippen molar-refractivity contribution >= 4 is 11.6 Å². The monoisotopic (exact) mass is 229 g/mol. The Morgan fingerprint density at radius 3 is 3.00 bits per heavy atom. The molecule has 1 aromatic carbocycles. The number of benzene rings is 1. The number of alkyl halides is 1. The van der Waals surface area contributed by atoms with E-state index in [4.69, 9.17) is 16.3 Å². The molecule has 0 aliphatic carbocycles. The summed E-state index contributed by atoms with van der Waals surface area (Å²) in [6.07, 6.45) is -1.23. The molecule has 0 bridgehead atoms. The predicted molar refractivity (Wildman–Crippen MR) is 57.8 cm³/mol. The second-order valence-corrected chi connectivity index (χ2v) is 4.09. The maximum Gasteiger partial charge on any atom is 0.140 e. The van der Waals surface area contributed by atoms with E-state index in [1.165, 1.54) is 0 Å². The van der Waals surface area contributed by atoms with E-state index in [1.807, 2.05) is 18.2 Å². The van der Waals surface area contributed by atoms with Crippen molar-refractivity contribution in [3.8, 4) is 0 Å². The fraction of sp³-hybridized carbons (Fsp3) is 0.455. The van der Waals surface area contributed by atoms with E-state index in [1.54, 1.807) is 6.07 Å². The number of nitrogens with one attached hydrogen (secondary N) is 1. The van der Waals surface area contributed by atoms with Crippen molar-refractivity contribution in [1.82, 2.24) is 5.32 Å². The fourth-order valence-electron chi connectivity index (χ4n) is 1.62. The topological polar surface area (TPSA) is 21.3 Å². The average molecular weight is 230 g/mol. The van der Waals surface area contributed by atoms with Crippen molar-refractivity contribution in [1.29, 1.82) is 0 Å². The van der Waals surface area contributed by atoms with Crippen LogP contribution in [0.15, 0.2) is 24.3 Å². The molecule has 82 valence electrons. The lowest BCUT2D eigenvalue weighted by Gasteiger charge is -2.13. The van der Waals surface area contributed by atoms with Gasteiger partial charge in [0.05, 0.1) is 6.61 Å². The van der Waals surface area contributed by atoms with Gasteiger partial charge in [-0.2, -0.15) is 0 Å². The Labute approximate surface area is 93.4 Å². The lowest BCUT2D eigenvalue weighted by molar-refractivity contribution is 0.0139. The molecule has 2 rings (SSSR count). The Kier molecular flexibility index (Phi) is 3.57. The third-order valence-electron chi connectivity index (χ3n) is 2.44. The molecule has 1 heterocycles. The second kappa shape index (κ2) is 4.92. The van der Waals surface area contributed by atoms with E-state index in [0.29, 0.717) is 24.7 Å². The summed E-state index contributed by atoms with van der Waals surface area (Å²) in [6, 6.07) is 7.42. The number of hydrogen-bond acceptors (Lipinski definition) is 2. The van der Waals surface area contributed by atoms with Crippen LogP contribution in [0.2, 0.25) is 5.02 Å². The van der Waals surface area contributed by atoms with E-state index in [9.17, 15) is 4.39 Å². The molecular formula is C11H13ClFNO. The predicted octanol–water partition coefficient (Wildman–Crippen LogP) is 2.17. The summed E-state index contributed by atoms with van der Waals surface area (Å²) in [5.41, 5.74) is 0.974. The molecular weight excluding hydrogens is 217 g/mol. The SMILES string of the molecule is FC1CNCC1OCc1cccc(Cl)c1. The Bertz CT molecular complexity index is 334. The Balaban J connectivity index is 1.87. The molecule has 2 nitrogen and oxygen atoms in total. The molecule has 4 heteroatoms. The van der Waals surface area contributed by atoms with Gasteiger partial charge in [0.25, 0.3) is 0 Å². The molecule has 0 saturated carbocycles. The normalized spacial score (nSPS) is 25.7. The summed E-state index contributed by atoms with van der Waals surface area (Å²) in [6.45, 7) is 1.38. The zero-order valence-electron chi connectivity index (χ0n) is 8.25. The molecule has 0 amide bonds. The van der Waals surface area contributed by atoms with Gasteiger partial charge in [-0.3, -0.25) is 0 Å². The minimum atomic E-state index is -0.899. The molecule has 0 aromatic heterocycles. The highest BCUT2D eigenvalue weighted by molar-refractivity contribution is 6.30. The first-order valence-corrected chi connectivity index (χ1v) is 5.34. The standard InChI is InChI=1S/C11H13ClFNO/c12-9-3-1-2-8(4-9)7-15-11-6-14-5-10(11)13/h1-4,10-11,14H,5-7H2.